The number of halogens is 2. The van der Waals surface area contributed by atoms with Crippen molar-refractivity contribution in [2.45, 2.75) is 18.9 Å². The Bertz CT molecular complexity index is 688. The average molecular weight is 401 g/mol. The first kappa shape index (κ1) is 20.0. The number of amides is 1. The van der Waals surface area contributed by atoms with Crippen LogP contribution in [0.3, 0.4) is 0 Å². The standard InChI is InChI=1S/C18H21ClN2O2S.ClH/c1-23-16-7-6-13(11-14(16)19)18(22)20-12-15(17-5-4-10-24-17)21-8-2-3-9-21;/h4-7,10-11,15H,2-3,8-9,12H2,1H3,(H,20,22);1H. The van der Waals surface area contributed by atoms with Gasteiger partial charge >= 0.3 is 0 Å². The molecule has 0 aliphatic carbocycles. The molecule has 1 aliphatic heterocycles. The van der Waals surface area contributed by atoms with Crippen LogP contribution in [0.25, 0.3) is 0 Å². The topological polar surface area (TPSA) is 41.6 Å². The van der Waals surface area contributed by atoms with E-state index in [-0.39, 0.29) is 24.4 Å². The fourth-order valence-electron chi connectivity index (χ4n) is 3.04. The van der Waals surface area contributed by atoms with E-state index in [1.54, 1.807) is 36.6 Å². The number of hydrogen-bond donors (Lipinski definition) is 1. The maximum Gasteiger partial charge on any atom is 0.251 e. The lowest BCUT2D eigenvalue weighted by Gasteiger charge is -2.27. The van der Waals surface area contributed by atoms with Crippen molar-refractivity contribution in [2.75, 3.05) is 26.7 Å². The third-order valence-electron chi connectivity index (χ3n) is 4.32. The summed E-state index contributed by atoms with van der Waals surface area (Å²) < 4.78 is 5.13. The van der Waals surface area contributed by atoms with Crippen molar-refractivity contribution in [1.29, 1.82) is 0 Å². The lowest BCUT2D eigenvalue weighted by molar-refractivity contribution is 0.0938. The SMILES string of the molecule is COc1ccc(C(=O)NCC(c2cccs2)N2CCCC2)cc1Cl.Cl. The maximum absolute atomic E-state index is 12.5. The van der Waals surface area contributed by atoms with Gasteiger partial charge in [0.05, 0.1) is 18.2 Å². The Morgan fingerprint density at radius 3 is 2.72 bits per heavy atom. The van der Waals surface area contributed by atoms with Gasteiger partial charge in [0, 0.05) is 17.0 Å². The average Bonchev–Trinajstić information content (AvgIpc) is 3.29. The first-order valence-corrected chi connectivity index (χ1v) is 9.34. The third kappa shape index (κ3) is 4.88. The lowest BCUT2D eigenvalue weighted by atomic mass is 10.1. The van der Waals surface area contributed by atoms with E-state index in [2.05, 4.69) is 27.7 Å². The van der Waals surface area contributed by atoms with Crippen molar-refractivity contribution in [3.63, 3.8) is 0 Å². The van der Waals surface area contributed by atoms with Gasteiger partial charge in [-0.25, -0.2) is 0 Å². The van der Waals surface area contributed by atoms with Gasteiger partial charge in [-0.15, -0.1) is 23.7 Å². The molecule has 1 unspecified atom stereocenters. The normalized spacial score (nSPS) is 15.4. The molecule has 1 saturated heterocycles. The zero-order valence-electron chi connectivity index (χ0n) is 14.0. The Morgan fingerprint density at radius 2 is 2.12 bits per heavy atom. The van der Waals surface area contributed by atoms with Gasteiger partial charge in [-0.1, -0.05) is 17.7 Å². The van der Waals surface area contributed by atoms with Gasteiger partial charge in [-0.05, 0) is 55.6 Å². The molecule has 1 fully saturated rings. The molecule has 0 bridgehead atoms. The highest BCUT2D eigenvalue weighted by Crippen LogP contribution is 2.28. The zero-order valence-corrected chi connectivity index (χ0v) is 16.4. The second kappa shape index (κ2) is 9.43. The molecule has 0 saturated carbocycles. The molecule has 25 heavy (non-hydrogen) atoms. The molecule has 2 heterocycles. The van der Waals surface area contributed by atoms with Gasteiger partial charge in [-0.3, -0.25) is 9.69 Å². The summed E-state index contributed by atoms with van der Waals surface area (Å²) in [4.78, 5) is 16.2. The van der Waals surface area contributed by atoms with E-state index >= 15 is 0 Å². The van der Waals surface area contributed by atoms with Gasteiger partial charge < -0.3 is 10.1 Å². The number of hydrogen-bond acceptors (Lipinski definition) is 4. The molecule has 1 aromatic heterocycles. The number of methoxy groups -OCH3 is 1. The summed E-state index contributed by atoms with van der Waals surface area (Å²) in [6.07, 6.45) is 2.45. The van der Waals surface area contributed by atoms with Gasteiger partial charge in [0.1, 0.15) is 5.75 Å². The van der Waals surface area contributed by atoms with Crippen LogP contribution >= 0.6 is 35.3 Å². The summed E-state index contributed by atoms with van der Waals surface area (Å²) in [6.45, 7) is 2.78. The first-order chi connectivity index (χ1) is 11.7. The van der Waals surface area contributed by atoms with E-state index in [0.717, 1.165) is 13.1 Å². The summed E-state index contributed by atoms with van der Waals surface area (Å²) in [7, 11) is 1.56. The van der Waals surface area contributed by atoms with Crippen LogP contribution in [0.5, 0.6) is 5.75 Å². The number of carbonyl (C=O) groups is 1. The second-order valence-electron chi connectivity index (χ2n) is 5.83. The molecule has 1 N–H and O–H groups in total. The van der Waals surface area contributed by atoms with Gasteiger partial charge in [-0.2, -0.15) is 0 Å². The van der Waals surface area contributed by atoms with Crippen LogP contribution < -0.4 is 10.1 Å². The number of likely N-dealkylation sites (tertiary alicyclic amines) is 1. The molecule has 0 radical (unpaired) electrons. The molecule has 1 atom stereocenters. The Kier molecular flexibility index (Phi) is 7.56. The highest BCUT2D eigenvalue weighted by atomic mass is 35.5. The minimum atomic E-state index is -0.111. The van der Waals surface area contributed by atoms with Crippen LogP contribution in [0, 0.1) is 0 Å². The summed E-state index contributed by atoms with van der Waals surface area (Å²) in [5, 5.41) is 5.59. The summed E-state index contributed by atoms with van der Waals surface area (Å²) in [6, 6.07) is 9.54. The van der Waals surface area contributed by atoms with Crippen LogP contribution in [-0.2, 0) is 0 Å². The highest BCUT2D eigenvalue weighted by molar-refractivity contribution is 7.10. The largest absolute Gasteiger partial charge is 0.495 e. The number of ether oxygens (including phenoxy) is 1. The minimum absolute atomic E-state index is 0. The lowest BCUT2D eigenvalue weighted by Crippen LogP contribution is -2.36. The number of nitrogens with zero attached hydrogens (tertiary/aromatic N) is 1. The predicted octanol–water partition coefficient (Wildman–Crippen LogP) is 4.40. The van der Waals surface area contributed by atoms with Crippen molar-refractivity contribution < 1.29 is 9.53 Å². The van der Waals surface area contributed by atoms with Crippen LogP contribution in [0.15, 0.2) is 35.7 Å². The maximum atomic E-state index is 12.5. The smallest absolute Gasteiger partial charge is 0.251 e. The number of rotatable bonds is 6. The van der Waals surface area contributed by atoms with Gasteiger partial charge in [0.25, 0.3) is 5.91 Å². The molecule has 4 nitrogen and oxygen atoms in total. The fraction of sp³-hybridized carbons (Fsp3) is 0.389. The van der Waals surface area contributed by atoms with Crippen molar-refractivity contribution in [3.8, 4) is 5.75 Å². The molecule has 1 amide bonds. The van der Waals surface area contributed by atoms with Crippen molar-refractivity contribution in [3.05, 3.63) is 51.2 Å². The van der Waals surface area contributed by atoms with Crippen molar-refractivity contribution >= 4 is 41.3 Å². The number of benzene rings is 1. The molecular formula is C18H22Cl2N2O2S. The fourth-order valence-corrected chi connectivity index (χ4v) is 4.16. The summed E-state index contributed by atoms with van der Waals surface area (Å²) in [5.74, 6) is 0.460. The zero-order chi connectivity index (χ0) is 16.9. The van der Waals surface area contributed by atoms with Crippen LogP contribution in [0.2, 0.25) is 5.02 Å². The van der Waals surface area contributed by atoms with E-state index in [1.807, 2.05) is 0 Å². The highest BCUT2D eigenvalue weighted by Gasteiger charge is 2.24. The van der Waals surface area contributed by atoms with Gasteiger partial charge in [0.2, 0.25) is 0 Å². The van der Waals surface area contributed by atoms with Crippen LogP contribution in [0.4, 0.5) is 0 Å². The minimum Gasteiger partial charge on any atom is -0.495 e. The van der Waals surface area contributed by atoms with Gasteiger partial charge in [0.15, 0.2) is 0 Å². The van der Waals surface area contributed by atoms with E-state index in [9.17, 15) is 4.79 Å². The van der Waals surface area contributed by atoms with Crippen LogP contribution in [0.1, 0.15) is 34.1 Å². The molecule has 3 rings (SSSR count). The third-order valence-corrected chi connectivity index (χ3v) is 5.59. The Balaban J connectivity index is 0.00000225. The molecule has 0 spiro atoms. The number of carbonyl (C=O) groups excluding carboxylic acids is 1. The van der Waals surface area contributed by atoms with E-state index in [1.165, 1.54) is 17.7 Å². The molecular weight excluding hydrogens is 379 g/mol. The molecule has 1 aromatic carbocycles. The second-order valence-corrected chi connectivity index (χ2v) is 7.22. The van der Waals surface area contributed by atoms with E-state index in [4.69, 9.17) is 16.3 Å². The molecule has 7 heteroatoms. The monoisotopic (exact) mass is 400 g/mol. The summed E-state index contributed by atoms with van der Waals surface area (Å²) >= 11 is 7.85. The number of thiophene rings is 1. The Hall–Kier alpha value is -1.27. The molecule has 1 aliphatic rings. The number of nitrogens with one attached hydrogen (secondary N) is 1. The van der Waals surface area contributed by atoms with E-state index < -0.39 is 0 Å². The first-order valence-electron chi connectivity index (χ1n) is 8.08. The summed E-state index contributed by atoms with van der Waals surface area (Å²) in [5.41, 5.74) is 0.548. The van der Waals surface area contributed by atoms with Crippen molar-refractivity contribution in [1.82, 2.24) is 10.2 Å². The Morgan fingerprint density at radius 1 is 1.36 bits per heavy atom. The van der Waals surface area contributed by atoms with Crippen LogP contribution in [-0.4, -0.2) is 37.6 Å². The Labute approximate surface area is 163 Å². The van der Waals surface area contributed by atoms with E-state index in [0.29, 0.717) is 22.9 Å². The predicted molar refractivity (Wildman–Crippen MR) is 105 cm³/mol. The quantitative estimate of drug-likeness (QED) is 0.780. The van der Waals surface area contributed by atoms with Crippen molar-refractivity contribution in [2.24, 2.45) is 0 Å². The molecule has 136 valence electrons. The molecule has 2 aromatic rings.